The van der Waals surface area contributed by atoms with E-state index in [2.05, 4.69) is 10.3 Å². The van der Waals surface area contributed by atoms with Crippen molar-refractivity contribution in [2.45, 2.75) is 27.2 Å². The van der Waals surface area contributed by atoms with Gasteiger partial charge in [-0.3, -0.25) is 4.79 Å². The third-order valence-electron chi connectivity index (χ3n) is 3.97. The highest BCUT2D eigenvalue weighted by atomic mass is 16.1. The van der Waals surface area contributed by atoms with Gasteiger partial charge in [-0.2, -0.15) is 0 Å². The molecule has 0 bridgehead atoms. The maximum absolute atomic E-state index is 11.8. The first-order valence-electron chi connectivity index (χ1n) is 8.38. The maximum atomic E-state index is 11.8. The molecule has 1 N–H and O–H groups in total. The molecule has 4 nitrogen and oxygen atoms in total. The number of hydrogen-bond donors (Lipinski definition) is 1. The standard InChI is InChI=1S/C21H21N3O/c1-4-20(25)23-19-13-18(16-9-5-14(2)6-10-16)22-21(24-19)17-11-7-15(3)8-12-17/h5-13H,4H2,1-3H3,(H,22,23,24,25). The van der Waals surface area contributed by atoms with Crippen molar-refractivity contribution in [1.82, 2.24) is 9.97 Å². The first-order valence-corrected chi connectivity index (χ1v) is 8.38. The average molecular weight is 331 g/mol. The predicted molar refractivity (Wildman–Crippen MR) is 101 cm³/mol. The summed E-state index contributed by atoms with van der Waals surface area (Å²) >= 11 is 0. The summed E-state index contributed by atoms with van der Waals surface area (Å²) in [6.45, 7) is 5.91. The van der Waals surface area contributed by atoms with Gasteiger partial charge in [0.1, 0.15) is 5.82 Å². The minimum atomic E-state index is -0.0663. The normalized spacial score (nSPS) is 10.5. The van der Waals surface area contributed by atoms with Crippen LogP contribution in [0.15, 0.2) is 54.6 Å². The van der Waals surface area contributed by atoms with Gasteiger partial charge in [-0.05, 0) is 13.8 Å². The number of aryl methyl sites for hydroxylation is 2. The van der Waals surface area contributed by atoms with Gasteiger partial charge in [-0.15, -0.1) is 0 Å². The van der Waals surface area contributed by atoms with Crippen molar-refractivity contribution in [3.63, 3.8) is 0 Å². The first kappa shape index (κ1) is 16.8. The van der Waals surface area contributed by atoms with Gasteiger partial charge in [0, 0.05) is 23.6 Å². The van der Waals surface area contributed by atoms with Crippen LogP contribution >= 0.6 is 0 Å². The minimum Gasteiger partial charge on any atom is -0.311 e. The van der Waals surface area contributed by atoms with E-state index >= 15 is 0 Å². The van der Waals surface area contributed by atoms with E-state index in [1.54, 1.807) is 0 Å². The lowest BCUT2D eigenvalue weighted by molar-refractivity contribution is -0.115. The molecule has 0 aliphatic carbocycles. The van der Waals surface area contributed by atoms with Crippen molar-refractivity contribution >= 4 is 11.7 Å². The van der Waals surface area contributed by atoms with Gasteiger partial charge >= 0.3 is 0 Å². The molecule has 0 saturated carbocycles. The van der Waals surface area contributed by atoms with Crippen LogP contribution in [0.4, 0.5) is 5.82 Å². The Bertz CT molecular complexity index is 820. The number of nitrogens with one attached hydrogen (secondary N) is 1. The van der Waals surface area contributed by atoms with E-state index < -0.39 is 0 Å². The zero-order valence-electron chi connectivity index (χ0n) is 14.7. The maximum Gasteiger partial charge on any atom is 0.225 e. The molecule has 0 fully saturated rings. The number of amides is 1. The summed E-state index contributed by atoms with van der Waals surface area (Å²) in [7, 11) is 0. The Labute approximate surface area is 148 Å². The van der Waals surface area contributed by atoms with Gasteiger partial charge in [-0.1, -0.05) is 66.6 Å². The smallest absolute Gasteiger partial charge is 0.225 e. The fourth-order valence-electron chi connectivity index (χ4n) is 2.45. The lowest BCUT2D eigenvalue weighted by Crippen LogP contribution is -2.11. The summed E-state index contributed by atoms with van der Waals surface area (Å²) in [6, 6.07) is 18.0. The molecule has 0 spiro atoms. The summed E-state index contributed by atoms with van der Waals surface area (Å²) < 4.78 is 0. The number of carbonyl (C=O) groups is 1. The molecule has 2 aromatic carbocycles. The van der Waals surface area contributed by atoms with Crippen LogP contribution in [0.2, 0.25) is 0 Å². The van der Waals surface area contributed by atoms with Crippen LogP contribution in [0.3, 0.4) is 0 Å². The third-order valence-corrected chi connectivity index (χ3v) is 3.97. The Balaban J connectivity index is 2.08. The number of hydrogen-bond acceptors (Lipinski definition) is 3. The molecule has 4 heteroatoms. The molecule has 1 heterocycles. The van der Waals surface area contributed by atoms with Crippen molar-refractivity contribution in [3.8, 4) is 22.6 Å². The molecular formula is C21H21N3O. The van der Waals surface area contributed by atoms with E-state index in [0.29, 0.717) is 18.1 Å². The number of nitrogens with zero attached hydrogens (tertiary/aromatic N) is 2. The SMILES string of the molecule is CCC(=O)Nc1cc(-c2ccc(C)cc2)nc(-c2ccc(C)cc2)n1. The Morgan fingerprint density at radius 1 is 0.880 bits per heavy atom. The van der Waals surface area contributed by atoms with Crippen LogP contribution in [-0.2, 0) is 4.79 Å². The molecule has 0 saturated heterocycles. The number of anilines is 1. The van der Waals surface area contributed by atoms with Crippen molar-refractivity contribution in [1.29, 1.82) is 0 Å². The highest BCUT2D eigenvalue weighted by Crippen LogP contribution is 2.25. The first-order chi connectivity index (χ1) is 12.0. The minimum absolute atomic E-state index is 0.0663. The lowest BCUT2D eigenvalue weighted by atomic mass is 10.1. The third kappa shape index (κ3) is 4.10. The van der Waals surface area contributed by atoms with Crippen LogP contribution in [-0.4, -0.2) is 15.9 Å². The molecule has 25 heavy (non-hydrogen) atoms. The van der Waals surface area contributed by atoms with Gasteiger partial charge in [-0.25, -0.2) is 9.97 Å². The zero-order chi connectivity index (χ0) is 17.8. The molecule has 126 valence electrons. The van der Waals surface area contributed by atoms with Crippen LogP contribution < -0.4 is 5.32 Å². The van der Waals surface area contributed by atoms with Crippen molar-refractivity contribution in [3.05, 3.63) is 65.7 Å². The van der Waals surface area contributed by atoms with Gasteiger partial charge < -0.3 is 5.32 Å². The molecule has 0 unspecified atom stereocenters. The molecule has 0 atom stereocenters. The molecular weight excluding hydrogens is 310 g/mol. The average Bonchev–Trinajstić information content (AvgIpc) is 2.62. The van der Waals surface area contributed by atoms with E-state index in [-0.39, 0.29) is 5.91 Å². The topological polar surface area (TPSA) is 54.9 Å². The molecule has 0 aliphatic heterocycles. The summed E-state index contributed by atoms with van der Waals surface area (Å²) in [6.07, 6.45) is 0.406. The van der Waals surface area contributed by atoms with Crippen LogP contribution in [0.1, 0.15) is 24.5 Å². The fraction of sp³-hybridized carbons (Fsp3) is 0.190. The van der Waals surface area contributed by atoms with Crippen LogP contribution in [0.25, 0.3) is 22.6 Å². The Kier molecular flexibility index (Phi) is 4.89. The largest absolute Gasteiger partial charge is 0.311 e. The number of aromatic nitrogens is 2. The van der Waals surface area contributed by atoms with E-state index in [0.717, 1.165) is 16.8 Å². The number of benzene rings is 2. The molecule has 0 radical (unpaired) electrons. The number of carbonyl (C=O) groups excluding carboxylic acids is 1. The fourth-order valence-corrected chi connectivity index (χ4v) is 2.45. The summed E-state index contributed by atoms with van der Waals surface area (Å²) in [5, 5.41) is 2.84. The van der Waals surface area contributed by atoms with Gasteiger partial charge in [0.25, 0.3) is 0 Å². The summed E-state index contributed by atoms with van der Waals surface area (Å²) in [5.74, 6) is 1.06. The number of rotatable bonds is 4. The predicted octanol–water partition coefficient (Wildman–Crippen LogP) is 4.78. The van der Waals surface area contributed by atoms with E-state index in [1.807, 2.05) is 75.4 Å². The van der Waals surface area contributed by atoms with Crippen LogP contribution in [0.5, 0.6) is 0 Å². The quantitative estimate of drug-likeness (QED) is 0.749. The van der Waals surface area contributed by atoms with Gasteiger partial charge in [0.05, 0.1) is 5.69 Å². The molecule has 3 aromatic rings. The lowest BCUT2D eigenvalue weighted by Gasteiger charge is -2.10. The van der Waals surface area contributed by atoms with Gasteiger partial charge in [0.15, 0.2) is 5.82 Å². The van der Waals surface area contributed by atoms with E-state index in [9.17, 15) is 4.79 Å². The highest BCUT2D eigenvalue weighted by Gasteiger charge is 2.10. The molecule has 1 amide bonds. The molecule has 3 rings (SSSR count). The van der Waals surface area contributed by atoms with E-state index in [1.165, 1.54) is 11.1 Å². The van der Waals surface area contributed by atoms with E-state index in [4.69, 9.17) is 4.98 Å². The molecule has 1 aromatic heterocycles. The monoisotopic (exact) mass is 331 g/mol. The van der Waals surface area contributed by atoms with Crippen molar-refractivity contribution in [2.24, 2.45) is 0 Å². The second kappa shape index (κ2) is 7.26. The van der Waals surface area contributed by atoms with Crippen molar-refractivity contribution < 1.29 is 4.79 Å². The second-order valence-electron chi connectivity index (χ2n) is 6.10. The summed E-state index contributed by atoms with van der Waals surface area (Å²) in [4.78, 5) is 21.0. The highest BCUT2D eigenvalue weighted by molar-refractivity contribution is 5.90. The zero-order valence-corrected chi connectivity index (χ0v) is 14.7. The Hall–Kier alpha value is -3.01. The van der Waals surface area contributed by atoms with Crippen LogP contribution in [0, 0.1) is 13.8 Å². The van der Waals surface area contributed by atoms with Gasteiger partial charge in [0.2, 0.25) is 5.91 Å². The molecule has 0 aliphatic rings. The second-order valence-corrected chi connectivity index (χ2v) is 6.10. The van der Waals surface area contributed by atoms with Crippen molar-refractivity contribution in [2.75, 3.05) is 5.32 Å². The summed E-state index contributed by atoms with van der Waals surface area (Å²) in [5.41, 5.74) is 5.07. The Morgan fingerprint density at radius 2 is 1.44 bits per heavy atom. The Morgan fingerprint density at radius 3 is 2.00 bits per heavy atom.